The molecule has 0 amide bonds. The van der Waals surface area contributed by atoms with Crippen molar-refractivity contribution in [3.63, 3.8) is 0 Å². The molecule has 6 unspecified atom stereocenters. The standard InChI is InChI=1S/2C24H28ClN3.2C23H28ClN3/c25-20-10-8-17(9-11-20)16-28-23-7-2-1-6-22(23)27-24(28)15-26-21-13-18-4-3-5-19(12-18)14-21;1-16-12-22-23(13-17(16)2)28(15-19-6-8-21(25)9-7-19)24(27-22)18(3)11-20-5-4-10-26-14-20;1-16-13-21-22(14-17(16)2)27(15-18-6-8-19(24)9-7-18)23(25-21)11-10-20-5-4-12-26(20)3;1-15-12-21-22(13-16(15)2)27(14-18-6-8-19(24)9-7-18)23(26-21)17(3)11-20-5-4-10-25-20/h1-2,6-11,18-19,21,26H,3-5,12-16H2;6-9,11-13,20,26H,4-5,10,14-15H2,1-3H3;6-9,13-14,20H,4-5,10-12,15H2,1-3H3;6-9,12-13,17,20,25H,4-5,10-11,14H2,1-3H3/b;18-11+;;. The number of hydrogen-bond donors (Lipinski definition) is 3. The number of allylic oxidation sites excluding steroid dienone is 1. The van der Waals surface area contributed by atoms with E-state index in [9.17, 15) is 0 Å². The van der Waals surface area contributed by atoms with Gasteiger partial charge in [0.2, 0.25) is 0 Å². The van der Waals surface area contributed by atoms with Gasteiger partial charge in [0.1, 0.15) is 23.3 Å². The first kappa shape index (κ1) is 79.0. The molecule has 3 N–H and O–H groups in total. The molecule has 5 aliphatic rings. The van der Waals surface area contributed by atoms with E-state index in [0.717, 1.165) is 131 Å². The normalized spacial score (nSPS) is 19.7. The van der Waals surface area contributed by atoms with E-state index < -0.39 is 0 Å². The fourth-order valence-electron chi connectivity index (χ4n) is 17.8. The van der Waals surface area contributed by atoms with Crippen molar-refractivity contribution < 1.29 is 0 Å². The van der Waals surface area contributed by atoms with Gasteiger partial charge in [0.15, 0.2) is 0 Å². The highest BCUT2D eigenvalue weighted by Gasteiger charge is 2.32. The molecule has 2 bridgehead atoms. The van der Waals surface area contributed by atoms with Crippen molar-refractivity contribution in [1.82, 2.24) is 59.1 Å². The number of likely N-dealkylation sites (tertiary alicyclic amines) is 1. The van der Waals surface area contributed by atoms with Gasteiger partial charge in [-0.25, -0.2) is 19.9 Å². The molecule has 5 fully saturated rings. The molecule has 16 heteroatoms. The van der Waals surface area contributed by atoms with Gasteiger partial charge < -0.3 is 39.1 Å². The minimum Gasteiger partial charge on any atom is -0.323 e. The fourth-order valence-corrected chi connectivity index (χ4v) is 18.3. The van der Waals surface area contributed by atoms with E-state index in [0.29, 0.717) is 30.0 Å². The number of halogens is 4. The van der Waals surface area contributed by atoms with Crippen LogP contribution in [0.3, 0.4) is 0 Å². The van der Waals surface area contributed by atoms with E-state index >= 15 is 0 Å². The number of hydrogen-bond acceptors (Lipinski definition) is 8. The number of piperidine rings is 1. The fraction of sp³-hybridized carbons (Fsp3) is 0.426. The van der Waals surface area contributed by atoms with Crippen LogP contribution in [0.5, 0.6) is 0 Å². The summed E-state index contributed by atoms with van der Waals surface area (Å²) in [6.45, 7) is 26.2. The summed E-state index contributed by atoms with van der Waals surface area (Å²) in [5.41, 5.74) is 23.3. The van der Waals surface area contributed by atoms with Crippen molar-refractivity contribution in [3.05, 3.63) is 263 Å². The Balaban J connectivity index is 0.000000122. The van der Waals surface area contributed by atoms with Gasteiger partial charge in [-0.05, 0) is 322 Å². The van der Waals surface area contributed by atoms with Crippen molar-refractivity contribution in [2.75, 3.05) is 33.2 Å². The Hall–Kier alpha value is -7.62. The van der Waals surface area contributed by atoms with Crippen LogP contribution < -0.4 is 16.0 Å². The summed E-state index contributed by atoms with van der Waals surface area (Å²) < 4.78 is 9.52. The second-order valence-corrected chi connectivity index (χ2v) is 34.5. The van der Waals surface area contributed by atoms with E-state index in [4.69, 9.17) is 66.3 Å². The minimum atomic E-state index is 0.418. The molecule has 7 heterocycles. The Bertz CT molecular complexity index is 5100. The van der Waals surface area contributed by atoms with Gasteiger partial charge in [-0.2, -0.15) is 0 Å². The first-order valence-electron chi connectivity index (χ1n) is 40.7. The number of para-hydroxylation sites is 2. The van der Waals surface area contributed by atoms with Gasteiger partial charge in [0, 0.05) is 83.3 Å². The summed E-state index contributed by atoms with van der Waals surface area (Å²) in [5, 5.41) is 14.1. The largest absolute Gasteiger partial charge is 0.323 e. The average Bonchev–Trinajstić information content (AvgIpc) is 1.63. The molecule has 12 aromatic rings. The highest BCUT2D eigenvalue weighted by Crippen LogP contribution is 2.40. The molecule has 110 heavy (non-hydrogen) atoms. The zero-order chi connectivity index (χ0) is 76.5. The lowest BCUT2D eigenvalue weighted by Gasteiger charge is -2.39. The number of rotatable bonds is 19. The van der Waals surface area contributed by atoms with E-state index in [2.05, 4.69) is 217 Å². The summed E-state index contributed by atoms with van der Waals surface area (Å²) in [7, 11) is 2.25. The van der Waals surface area contributed by atoms with E-state index in [1.165, 1.54) is 185 Å². The third kappa shape index (κ3) is 19.7. The summed E-state index contributed by atoms with van der Waals surface area (Å²) in [5.74, 6) is 7.48. The molecular formula is C94H112Cl4N12. The monoisotopic (exact) mass is 1550 g/mol. The lowest BCUT2D eigenvalue weighted by molar-refractivity contribution is 0.153. The number of aryl methyl sites for hydroxylation is 7. The number of nitrogens with one attached hydrogen (secondary N) is 3. The number of nitrogens with zero attached hydrogens (tertiary/aromatic N) is 9. The molecule has 17 rings (SSSR count). The quantitative estimate of drug-likeness (QED) is 0.0734. The van der Waals surface area contributed by atoms with E-state index in [1.54, 1.807) is 0 Å². The number of aromatic nitrogens is 8. The average molecular weight is 1550 g/mol. The number of benzene rings is 8. The van der Waals surface area contributed by atoms with Crippen molar-refractivity contribution in [2.45, 2.75) is 208 Å². The van der Waals surface area contributed by atoms with Crippen LogP contribution in [0.4, 0.5) is 0 Å². The SMILES string of the molecule is C/C(=C\C1CCCNC1)c1nc2cc(C)c(C)cc2n1Cc1ccc(Cl)cc1.Cc1cc2nc(C(C)CC3CCCN3)n(Cc3ccc(Cl)cc3)c2cc1C.Cc1cc2nc(CCC3CCCN3C)n(Cc3ccc(Cl)cc3)c2cc1C.Clc1ccc(Cn2c(CNC3CC4CCCC(C4)C3)nc3ccccc32)cc1. The maximum atomic E-state index is 6.08. The Morgan fingerprint density at radius 1 is 0.500 bits per heavy atom. The summed E-state index contributed by atoms with van der Waals surface area (Å²) in [4.78, 5) is 22.6. The molecule has 8 aromatic carbocycles. The molecule has 0 spiro atoms. The Morgan fingerprint density at radius 2 is 0.991 bits per heavy atom. The van der Waals surface area contributed by atoms with Crippen molar-refractivity contribution in [1.29, 1.82) is 0 Å². The highest BCUT2D eigenvalue weighted by molar-refractivity contribution is 6.31. The second kappa shape index (κ2) is 36.5. The lowest BCUT2D eigenvalue weighted by atomic mass is 9.70. The van der Waals surface area contributed by atoms with Crippen LogP contribution >= 0.6 is 46.4 Å². The Kier molecular flexibility index (Phi) is 26.2. The van der Waals surface area contributed by atoms with Gasteiger partial charge in [-0.15, -0.1) is 0 Å². The van der Waals surface area contributed by atoms with Crippen LogP contribution in [-0.4, -0.2) is 94.5 Å². The van der Waals surface area contributed by atoms with Crippen LogP contribution in [-0.2, 0) is 39.1 Å². The molecule has 2 saturated carbocycles. The number of fused-ring (bicyclic) bond motifs is 6. The molecule has 576 valence electrons. The first-order valence-corrected chi connectivity index (χ1v) is 42.2. The lowest BCUT2D eigenvalue weighted by Crippen LogP contribution is -2.39. The predicted molar refractivity (Wildman–Crippen MR) is 462 cm³/mol. The first-order chi connectivity index (χ1) is 53.3. The minimum absolute atomic E-state index is 0.418. The second-order valence-electron chi connectivity index (χ2n) is 32.7. The van der Waals surface area contributed by atoms with Crippen LogP contribution in [0.1, 0.15) is 189 Å². The molecule has 4 aromatic heterocycles. The molecule has 0 radical (unpaired) electrons. The van der Waals surface area contributed by atoms with Crippen molar-refractivity contribution in [3.8, 4) is 0 Å². The van der Waals surface area contributed by atoms with Crippen molar-refractivity contribution >= 4 is 96.1 Å². The van der Waals surface area contributed by atoms with E-state index in [1.807, 2.05) is 48.5 Å². The third-order valence-corrected chi connectivity index (χ3v) is 25.4. The Labute approximate surface area is 672 Å². The topological polar surface area (TPSA) is 111 Å². The smallest absolute Gasteiger partial charge is 0.136 e. The van der Waals surface area contributed by atoms with Gasteiger partial charge in [0.05, 0.1) is 50.7 Å². The highest BCUT2D eigenvalue weighted by atomic mass is 35.5. The maximum Gasteiger partial charge on any atom is 0.136 e. The van der Waals surface area contributed by atoms with Crippen LogP contribution in [0.15, 0.2) is 164 Å². The predicted octanol–water partition coefficient (Wildman–Crippen LogP) is 22.5. The van der Waals surface area contributed by atoms with Crippen LogP contribution in [0.25, 0.3) is 49.7 Å². The third-order valence-electron chi connectivity index (χ3n) is 24.4. The van der Waals surface area contributed by atoms with Crippen LogP contribution in [0.2, 0.25) is 20.1 Å². The zero-order valence-corrected chi connectivity index (χ0v) is 69.2. The molecule has 3 aliphatic heterocycles. The molecule has 6 atom stereocenters. The van der Waals surface area contributed by atoms with Crippen molar-refractivity contribution in [2.24, 2.45) is 17.8 Å². The maximum absolute atomic E-state index is 6.08. The molecule has 12 nitrogen and oxygen atoms in total. The molecule has 2 aliphatic carbocycles. The van der Waals surface area contributed by atoms with Gasteiger partial charge in [-0.1, -0.05) is 139 Å². The van der Waals surface area contributed by atoms with Crippen LogP contribution in [0, 0.1) is 59.3 Å². The summed E-state index contributed by atoms with van der Waals surface area (Å²) >= 11 is 24.3. The summed E-state index contributed by atoms with van der Waals surface area (Å²) in [6, 6.07) is 56.5. The number of imidazole rings is 4. The van der Waals surface area contributed by atoms with Gasteiger partial charge in [0.25, 0.3) is 0 Å². The van der Waals surface area contributed by atoms with Gasteiger partial charge in [-0.3, -0.25) is 0 Å². The Morgan fingerprint density at radius 3 is 1.53 bits per heavy atom. The van der Waals surface area contributed by atoms with E-state index in [-0.39, 0.29) is 0 Å². The molecule has 3 saturated heterocycles. The zero-order valence-electron chi connectivity index (χ0n) is 66.1. The molecular weight excluding hydrogens is 1440 g/mol. The van der Waals surface area contributed by atoms with Gasteiger partial charge >= 0.3 is 0 Å². The summed E-state index contributed by atoms with van der Waals surface area (Å²) in [6.07, 6.45) is 21.9.